The fraction of sp³-hybridized carbons (Fsp3) is 0.188. The van der Waals surface area contributed by atoms with Crippen molar-refractivity contribution in [3.8, 4) is 0 Å². The number of hydrogen-bond donors (Lipinski definition) is 1. The molecule has 2 aromatic rings. The van der Waals surface area contributed by atoms with Crippen molar-refractivity contribution < 1.29 is 17.6 Å². The second-order valence-electron chi connectivity index (χ2n) is 5.44. The van der Waals surface area contributed by atoms with Crippen LogP contribution in [0, 0.1) is 5.82 Å². The van der Waals surface area contributed by atoms with E-state index in [2.05, 4.69) is 4.72 Å². The van der Waals surface area contributed by atoms with E-state index >= 15 is 0 Å². The van der Waals surface area contributed by atoms with E-state index in [0.29, 0.717) is 18.7 Å². The van der Waals surface area contributed by atoms with Crippen LogP contribution in [0.3, 0.4) is 0 Å². The molecule has 0 fully saturated rings. The summed E-state index contributed by atoms with van der Waals surface area (Å²) in [6.45, 7) is 2.06. The molecule has 5 nitrogen and oxygen atoms in total. The van der Waals surface area contributed by atoms with Crippen LogP contribution in [0.15, 0.2) is 41.3 Å². The Morgan fingerprint density at radius 3 is 2.67 bits per heavy atom. The molecule has 1 amide bonds. The molecule has 2 aromatic carbocycles. The Kier molecular flexibility index (Phi) is 4.23. The molecule has 1 aliphatic heterocycles. The number of halogens is 2. The van der Waals surface area contributed by atoms with Gasteiger partial charge in [0.15, 0.2) is 0 Å². The predicted molar refractivity (Wildman–Crippen MR) is 90.4 cm³/mol. The van der Waals surface area contributed by atoms with Gasteiger partial charge in [0.2, 0.25) is 5.91 Å². The minimum atomic E-state index is -3.94. The predicted octanol–water partition coefficient (Wildman–Crippen LogP) is 3.19. The average molecular weight is 369 g/mol. The Hall–Kier alpha value is -2.12. The van der Waals surface area contributed by atoms with E-state index in [1.54, 1.807) is 23.1 Å². The van der Waals surface area contributed by atoms with Gasteiger partial charge >= 0.3 is 0 Å². The van der Waals surface area contributed by atoms with E-state index in [4.69, 9.17) is 11.6 Å². The van der Waals surface area contributed by atoms with E-state index in [0.717, 1.165) is 29.4 Å². The number of anilines is 2. The van der Waals surface area contributed by atoms with Crippen LogP contribution in [0.2, 0.25) is 5.02 Å². The van der Waals surface area contributed by atoms with Gasteiger partial charge in [0, 0.05) is 24.8 Å². The standard InChI is InChI=1S/C16H14ClFN2O3S/c1-10(21)20-7-6-11-8-13(3-4-15(11)20)19-24(22,23)16-5-2-12(18)9-14(16)17/h2-5,8-9,19H,6-7H2,1H3. The molecular formula is C16H14ClFN2O3S. The summed E-state index contributed by atoms with van der Waals surface area (Å²) in [5, 5.41) is -0.189. The monoisotopic (exact) mass is 368 g/mol. The molecule has 0 bridgehead atoms. The van der Waals surface area contributed by atoms with Gasteiger partial charge < -0.3 is 4.90 Å². The third kappa shape index (κ3) is 3.09. The minimum Gasteiger partial charge on any atom is -0.312 e. The lowest BCUT2D eigenvalue weighted by molar-refractivity contribution is -0.116. The lowest BCUT2D eigenvalue weighted by Gasteiger charge is -2.15. The van der Waals surface area contributed by atoms with Gasteiger partial charge in [0.1, 0.15) is 10.7 Å². The zero-order valence-electron chi connectivity index (χ0n) is 12.7. The maximum Gasteiger partial charge on any atom is 0.263 e. The molecule has 0 saturated heterocycles. The first-order chi connectivity index (χ1) is 11.3. The lowest BCUT2D eigenvalue weighted by atomic mass is 10.1. The van der Waals surface area contributed by atoms with Gasteiger partial charge in [-0.15, -0.1) is 0 Å². The highest BCUT2D eigenvalue weighted by molar-refractivity contribution is 7.92. The van der Waals surface area contributed by atoms with E-state index in [-0.39, 0.29) is 15.8 Å². The quantitative estimate of drug-likeness (QED) is 0.904. The van der Waals surface area contributed by atoms with Gasteiger partial charge in [0.25, 0.3) is 10.0 Å². The highest BCUT2D eigenvalue weighted by Crippen LogP contribution is 2.32. The van der Waals surface area contributed by atoms with Crippen molar-refractivity contribution >= 4 is 38.9 Å². The molecule has 126 valence electrons. The lowest BCUT2D eigenvalue weighted by Crippen LogP contribution is -2.25. The Morgan fingerprint density at radius 2 is 2.00 bits per heavy atom. The zero-order valence-corrected chi connectivity index (χ0v) is 14.3. The first-order valence-corrected chi connectivity index (χ1v) is 9.03. The first kappa shape index (κ1) is 16.7. The van der Waals surface area contributed by atoms with Gasteiger partial charge in [-0.25, -0.2) is 12.8 Å². The van der Waals surface area contributed by atoms with Crippen molar-refractivity contribution in [3.05, 3.63) is 52.8 Å². The number of carbonyl (C=O) groups excluding carboxylic acids is 1. The number of carbonyl (C=O) groups is 1. The van der Waals surface area contributed by atoms with Crippen LogP contribution in [-0.2, 0) is 21.2 Å². The van der Waals surface area contributed by atoms with Gasteiger partial charge in [-0.2, -0.15) is 0 Å². The summed E-state index contributed by atoms with van der Waals surface area (Å²) >= 11 is 5.82. The molecule has 0 aliphatic carbocycles. The molecule has 1 heterocycles. The number of rotatable bonds is 3. The summed E-state index contributed by atoms with van der Waals surface area (Å²) in [6.07, 6.45) is 0.655. The third-order valence-corrected chi connectivity index (χ3v) is 5.66. The third-order valence-electron chi connectivity index (χ3n) is 3.79. The average Bonchev–Trinajstić information content (AvgIpc) is 2.89. The molecule has 3 rings (SSSR count). The van der Waals surface area contributed by atoms with Crippen LogP contribution in [0.5, 0.6) is 0 Å². The number of hydrogen-bond acceptors (Lipinski definition) is 3. The molecular weight excluding hydrogens is 355 g/mol. The number of nitrogens with zero attached hydrogens (tertiary/aromatic N) is 1. The van der Waals surface area contributed by atoms with Crippen molar-refractivity contribution in [1.82, 2.24) is 0 Å². The van der Waals surface area contributed by atoms with Crippen LogP contribution in [0.1, 0.15) is 12.5 Å². The summed E-state index contributed by atoms with van der Waals surface area (Å²) in [4.78, 5) is 13.0. The summed E-state index contributed by atoms with van der Waals surface area (Å²) < 4.78 is 40.4. The molecule has 0 atom stereocenters. The fourth-order valence-electron chi connectivity index (χ4n) is 2.70. The molecule has 0 spiro atoms. The number of amides is 1. The van der Waals surface area contributed by atoms with Crippen molar-refractivity contribution in [2.75, 3.05) is 16.2 Å². The fourth-order valence-corrected chi connectivity index (χ4v) is 4.28. The Labute approximate surface area is 144 Å². The van der Waals surface area contributed by atoms with Crippen LogP contribution >= 0.6 is 11.6 Å². The Balaban J connectivity index is 1.90. The van der Waals surface area contributed by atoms with Crippen molar-refractivity contribution in [3.63, 3.8) is 0 Å². The number of sulfonamides is 1. The highest BCUT2D eigenvalue weighted by Gasteiger charge is 2.24. The van der Waals surface area contributed by atoms with Crippen molar-refractivity contribution in [2.24, 2.45) is 0 Å². The maximum atomic E-state index is 13.1. The number of benzene rings is 2. The molecule has 0 aromatic heterocycles. The van der Waals surface area contributed by atoms with E-state index in [1.807, 2.05) is 0 Å². The molecule has 1 N–H and O–H groups in total. The minimum absolute atomic E-state index is 0.0554. The van der Waals surface area contributed by atoms with Crippen LogP contribution in [0.4, 0.5) is 15.8 Å². The van der Waals surface area contributed by atoms with Gasteiger partial charge in [-0.05, 0) is 48.4 Å². The zero-order chi connectivity index (χ0) is 17.5. The number of fused-ring (bicyclic) bond motifs is 1. The van der Waals surface area contributed by atoms with Gasteiger partial charge in [-0.1, -0.05) is 11.6 Å². The summed E-state index contributed by atoms with van der Waals surface area (Å²) in [5.41, 5.74) is 2.03. The highest BCUT2D eigenvalue weighted by atomic mass is 35.5. The summed E-state index contributed by atoms with van der Waals surface area (Å²) in [7, 11) is -3.94. The van der Waals surface area contributed by atoms with Gasteiger partial charge in [0.05, 0.1) is 5.02 Å². The van der Waals surface area contributed by atoms with Crippen LogP contribution < -0.4 is 9.62 Å². The summed E-state index contributed by atoms with van der Waals surface area (Å²) in [5.74, 6) is -0.666. The summed E-state index contributed by atoms with van der Waals surface area (Å²) in [6, 6.07) is 8.07. The largest absolute Gasteiger partial charge is 0.312 e. The second-order valence-corrected chi connectivity index (χ2v) is 7.50. The Morgan fingerprint density at radius 1 is 1.25 bits per heavy atom. The topological polar surface area (TPSA) is 66.5 Å². The van der Waals surface area contributed by atoms with E-state index < -0.39 is 15.8 Å². The second kappa shape index (κ2) is 6.07. The van der Waals surface area contributed by atoms with Crippen molar-refractivity contribution in [1.29, 1.82) is 0 Å². The molecule has 24 heavy (non-hydrogen) atoms. The van der Waals surface area contributed by atoms with E-state index in [9.17, 15) is 17.6 Å². The molecule has 1 aliphatic rings. The maximum absolute atomic E-state index is 13.1. The number of nitrogens with one attached hydrogen (secondary N) is 1. The smallest absolute Gasteiger partial charge is 0.263 e. The van der Waals surface area contributed by atoms with Gasteiger partial charge in [-0.3, -0.25) is 9.52 Å². The Bertz CT molecular complexity index is 931. The molecule has 0 radical (unpaired) electrons. The van der Waals surface area contributed by atoms with Crippen LogP contribution in [-0.4, -0.2) is 20.9 Å². The van der Waals surface area contributed by atoms with Crippen molar-refractivity contribution in [2.45, 2.75) is 18.2 Å². The van der Waals surface area contributed by atoms with Crippen LogP contribution in [0.25, 0.3) is 0 Å². The normalized spacial score (nSPS) is 13.7. The molecule has 8 heteroatoms. The molecule has 0 saturated carbocycles. The molecule has 0 unspecified atom stereocenters. The van der Waals surface area contributed by atoms with E-state index in [1.165, 1.54) is 6.92 Å². The SMILES string of the molecule is CC(=O)N1CCc2cc(NS(=O)(=O)c3ccc(F)cc3Cl)ccc21. The first-order valence-electron chi connectivity index (χ1n) is 7.17.